The molecular weight excluding hydrogens is 299 g/mol. The molecule has 0 aliphatic carbocycles. The van der Waals surface area contributed by atoms with Gasteiger partial charge in [0.15, 0.2) is 5.58 Å². The minimum atomic E-state index is -4.94. The fraction of sp³-hybridized carbons (Fsp3) is 0.0714. The zero-order valence-electron chi connectivity index (χ0n) is 10.9. The summed E-state index contributed by atoms with van der Waals surface area (Å²) in [4.78, 5) is 19.0. The lowest BCUT2D eigenvalue weighted by molar-refractivity contribution is -0.167. The highest BCUT2D eigenvalue weighted by Crippen LogP contribution is 2.26. The third-order valence-electron chi connectivity index (χ3n) is 2.81. The number of alkyl halides is 3. The van der Waals surface area contributed by atoms with Crippen LogP contribution in [-0.4, -0.2) is 22.1 Å². The van der Waals surface area contributed by atoms with Crippen LogP contribution in [0.4, 0.5) is 18.9 Å². The number of nitrogens with zero attached hydrogens (tertiary/aromatic N) is 2. The predicted molar refractivity (Wildman–Crippen MR) is 71.9 cm³/mol. The van der Waals surface area contributed by atoms with Crippen LogP contribution in [-0.2, 0) is 4.79 Å². The number of amides is 1. The van der Waals surface area contributed by atoms with Crippen LogP contribution in [0.5, 0.6) is 0 Å². The lowest BCUT2D eigenvalue weighted by Crippen LogP contribution is -2.29. The van der Waals surface area contributed by atoms with Gasteiger partial charge in [-0.2, -0.15) is 13.2 Å². The summed E-state index contributed by atoms with van der Waals surface area (Å²) in [5, 5.41) is 1.77. The van der Waals surface area contributed by atoms with E-state index in [0.29, 0.717) is 22.6 Å². The van der Waals surface area contributed by atoms with E-state index in [2.05, 4.69) is 9.97 Å². The summed E-state index contributed by atoms with van der Waals surface area (Å²) in [6, 6.07) is 7.50. The molecule has 0 radical (unpaired) electrons. The number of halogens is 3. The number of oxazole rings is 1. The number of hydrogen-bond acceptors (Lipinski definition) is 4. The molecule has 0 aliphatic rings. The minimum Gasteiger partial charge on any atom is -0.436 e. The topological polar surface area (TPSA) is 68.0 Å². The lowest BCUT2D eigenvalue weighted by Gasteiger charge is -2.07. The number of nitrogens with one attached hydrogen (secondary N) is 1. The quantitative estimate of drug-likeness (QED) is 0.788. The summed E-state index contributed by atoms with van der Waals surface area (Å²) >= 11 is 0. The van der Waals surface area contributed by atoms with E-state index < -0.39 is 12.1 Å². The molecule has 0 bridgehead atoms. The second-order valence-electron chi connectivity index (χ2n) is 4.40. The van der Waals surface area contributed by atoms with Crippen molar-refractivity contribution in [1.29, 1.82) is 0 Å². The number of rotatable bonds is 2. The van der Waals surface area contributed by atoms with E-state index in [4.69, 9.17) is 4.42 Å². The summed E-state index contributed by atoms with van der Waals surface area (Å²) in [5.74, 6) is -1.75. The Hall–Kier alpha value is -2.90. The molecule has 2 aromatic heterocycles. The van der Waals surface area contributed by atoms with Crippen molar-refractivity contribution in [1.82, 2.24) is 9.97 Å². The van der Waals surface area contributed by atoms with Crippen molar-refractivity contribution in [2.24, 2.45) is 0 Å². The molecule has 3 aromatic rings. The molecule has 3 rings (SSSR count). The normalized spacial score (nSPS) is 11.6. The van der Waals surface area contributed by atoms with Crippen molar-refractivity contribution >= 4 is 22.7 Å². The zero-order valence-corrected chi connectivity index (χ0v) is 10.9. The molecule has 0 spiro atoms. The SMILES string of the molecule is O=C(Nc1ccc2oc(-c3cccnc3)nc2c1)C(F)(F)F. The highest BCUT2D eigenvalue weighted by atomic mass is 19.4. The molecule has 0 saturated heterocycles. The van der Waals surface area contributed by atoms with Crippen molar-refractivity contribution in [3.63, 3.8) is 0 Å². The number of carbonyl (C=O) groups is 1. The second kappa shape index (κ2) is 5.14. The summed E-state index contributed by atoms with van der Waals surface area (Å²) in [5.41, 5.74) is 1.35. The molecular formula is C14H8F3N3O2. The Morgan fingerprint density at radius 1 is 1.23 bits per heavy atom. The molecule has 1 amide bonds. The van der Waals surface area contributed by atoms with Gasteiger partial charge in [-0.15, -0.1) is 0 Å². The number of aromatic nitrogens is 2. The molecule has 2 heterocycles. The van der Waals surface area contributed by atoms with Gasteiger partial charge >= 0.3 is 12.1 Å². The lowest BCUT2D eigenvalue weighted by atomic mass is 10.3. The Morgan fingerprint density at radius 3 is 2.73 bits per heavy atom. The Kier molecular flexibility index (Phi) is 3.28. The van der Waals surface area contributed by atoms with Crippen molar-refractivity contribution < 1.29 is 22.4 Å². The molecule has 5 nitrogen and oxygen atoms in total. The molecule has 0 aliphatic heterocycles. The monoisotopic (exact) mass is 307 g/mol. The van der Waals surface area contributed by atoms with Crippen LogP contribution in [0.2, 0.25) is 0 Å². The molecule has 0 atom stereocenters. The molecule has 0 fully saturated rings. The van der Waals surface area contributed by atoms with E-state index in [1.54, 1.807) is 29.8 Å². The maximum atomic E-state index is 12.2. The standard InChI is InChI=1S/C14H8F3N3O2/c15-14(16,17)13(21)19-9-3-4-11-10(6-9)20-12(22-11)8-2-1-5-18-7-8/h1-7H,(H,19,21). The van der Waals surface area contributed by atoms with Crippen LogP contribution in [0.25, 0.3) is 22.6 Å². The number of fused-ring (bicyclic) bond motifs is 1. The van der Waals surface area contributed by atoms with E-state index in [0.717, 1.165) is 0 Å². The van der Waals surface area contributed by atoms with Crippen LogP contribution in [0.15, 0.2) is 47.1 Å². The van der Waals surface area contributed by atoms with Crippen LogP contribution >= 0.6 is 0 Å². The maximum absolute atomic E-state index is 12.2. The fourth-order valence-electron chi connectivity index (χ4n) is 1.82. The molecule has 22 heavy (non-hydrogen) atoms. The van der Waals surface area contributed by atoms with Gasteiger partial charge in [-0.1, -0.05) is 0 Å². The fourth-order valence-corrected chi connectivity index (χ4v) is 1.82. The molecule has 1 N–H and O–H groups in total. The number of anilines is 1. The molecule has 1 aromatic carbocycles. The third-order valence-corrected chi connectivity index (χ3v) is 2.81. The average molecular weight is 307 g/mol. The van der Waals surface area contributed by atoms with Gasteiger partial charge in [0, 0.05) is 18.1 Å². The largest absolute Gasteiger partial charge is 0.471 e. The number of carbonyl (C=O) groups excluding carboxylic acids is 1. The summed E-state index contributed by atoms with van der Waals surface area (Å²) in [6.07, 6.45) is -1.80. The van der Waals surface area contributed by atoms with Gasteiger partial charge in [0.1, 0.15) is 5.52 Å². The van der Waals surface area contributed by atoms with Gasteiger partial charge in [-0.25, -0.2) is 4.98 Å². The second-order valence-corrected chi connectivity index (χ2v) is 4.40. The van der Waals surface area contributed by atoms with Gasteiger partial charge in [0.2, 0.25) is 5.89 Å². The Morgan fingerprint density at radius 2 is 2.05 bits per heavy atom. The molecule has 112 valence electrons. The maximum Gasteiger partial charge on any atom is 0.471 e. The van der Waals surface area contributed by atoms with Crippen LogP contribution in [0.3, 0.4) is 0 Å². The van der Waals surface area contributed by atoms with Crippen molar-refractivity contribution in [3.8, 4) is 11.5 Å². The minimum absolute atomic E-state index is 0.0131. The first-order chi connectivity index (χ1) is 10.4. The number of pyridine rings is 1. The van der Waals surface area contributed by atoms with E-state index >= 15 is 0 Å². The van der Waals surface area contributed by atoms with Gasteiger partial charge in [0.05, 0.1) is 5.56 Å². The van der Waals surface area contributed by atoms with E-state index in [-0.39, 0.29) is 5.69 Å². The van der Waals surface area contributed by atoms with Crippen LogP contribution in [0, 0.1) is 0 Å². The van der Waals surface area contributed by atoms with Crippen molar-refractivity contribution in [2.75, 3.05) is 5.32 Å². The molecule has 0 unspecified atom stereocenters. The smallest absolute Gasteiger partial charge is 0.436 e. The first kappa shape index (κ1) is 14.1. The molecule has 8 heteroatoms. The van der Waals surface area contributed by atoms with Gasteiger partial charge in [-0.05, 0) is 30.3 Å². The van der Waals surface area contributed by atoms with Crippen molar-refractivity contribution in [3.05, 3.63) is 42.7 Å². The highest BCUT2D eigenvalue weighted by molar-refractivity contribution is 5.96. The van der Waals surface area contributed by atoms with E-state index in [1.807, 2.05) is 0 Å². The van der Waals surface area contributed by atoms with Gasteiger partial charge in [0.25, 0.3) is 0 Å². The average Bonchev–Trinajstić information content (AvgIpc) is 2.90. The predicted octanol–water partition coefficient (Wildman–Crippen LogP) is 3.39. The van der Waals surface area contributed by atoms with Crippen molar-refractivity contribution in [2.45, 2.75) is 6.18 Å². The molecule has 0 saturated carbocycles. The van der Waals surface area contributed by atoms with Gasteiger partial charge in [-0.3, -0.25) is 9.78 Å². The Labute approximate surface area is 121 Å². The first-order valence-electron chi connectivity index (χ1n) is 6.12. The first-order valence-corrected chi connectivity index (χ1v) is 6.12. The number of benzene rings is 1. The number of hydrogen-bond donors (Lipinski definition) is 1. The summed E-state index contributed by atoms with van der Waals surface area (Å²) < 4.78 is 42.2. The Balaban J connectivity index is 1.92. The van der Waals surface area contributed by atoms with E-state index in [9.17, 15) is 18.0 Å². The van der Waals surface area contributed by atoms with Crippen LogP contribution in [0.1, 0.15) is 0 Å². The Bertz CT molecular complexity index is 828. The summed E-state index contributed by atoms with van der Waals surface area (Å²) in [7, 11) is 0. The zero-order chi connectivity index (χ0) is 15.7. The summed E-state index contributed by atoms with van der Waals surface area (Å²) in [6.45, 7) is 0. The van der Waals surface area contributed by atoms with Gasteiger partial charge < -0.3 is 9.73 Å². The highest BCUT2D eigenvalue weighted by Gasteiger charge is 2.38. The van der Waals surface area contributed by atoms with Crippen LogP contribution < -0.4 is 5.32 Å². The third kappa shape index (κ3) is 2.76. The van der Waals surface area contributed by atoms with E-state index in [1.165, 1.54) is 18.2 Å².